The summed E-state index contributed by atoms with van der Waals surface area (Å²) in [6.45, 7) is 10.4. The van der Waals surface area contributed by atoms with Gasteiger partial charge in [-0.25, -0.2) is 0 Å². The Kier molecular flexibility index (Phi) is 4.22. The van der Waals surface area contributed by atoms with Crippen LogP contribution in [0.5, 0.6) is 0 Å². The predicted molar refractivity (Wildman–Crippen MR) is 87.6 cm³/mol. The van der Waals surface area contributed by atoms with E-state index in [-0.39, 0.29) is 0 Å². The third-order valence-corrected chi connectivity index (χ3v) is 8.15. The molecule has 20 heavy (non-hydrogen) atoms. The summed E-state index contributed by atoms with van der Waals surface area (Å²) in [4.78, 5) is 0. The lowest BCUT2D eigenvalue weighted by molar-refractivity contribution is -0.0965. The topological polar surface area (TPSA) is 0 Å². The van der Waals surface area contributed by atoms with Gasteiger partial charge >= 0.3 is 0 Å². The predicted octanol–water partition coefficient (Wildman–Crippen LogP) is 6.30. The molecule has 3 saturated carbocycles. The molecule has 0 nitrogen and oxygen atoms in total. The zero-order chi connectivity index (χ0) is 14.3. The summed E-state index contributed by atoms with van der Waals surface area (Å²) in [5, 5.41) is 0. The zero-order valence-corrected chi connectivity index (χ0v) is 14.3. The number of hydrogen-bond acceptors (Lipinski definition) is 0. The molecule has 3 aliphatic rings. The fraction of sp³-hybridized carbons (Fsp3) is 1.00. The third-order valence-electron chi connectivity index (χ3n) is 8.15. The van der Waals surface area contributed by atoms with Crippen molar-refractivity contribution in [2.75, 3.05) is 0 Å². The molecule has 116 valence electrons. The van der Waals surface area contributed by atoms with Crippen LogP contribution in [0, 0.1) is 40.9 Å². The van der Waals surface area contributed by atoms with Crippen LogP contribution in [-0.2, 0) is 0 Å². The van der Waals surface area contributed by atoms with Crippen LogP contribution >= 0.6 is 0 Å². The van der Waals surface area contributed by atoms with Gasteiger partial charge in [0.1, 0.15) is 0 Å². The maximum Gasteiger partial charge on any atom is -0.0241 e. The first-order valence-electron chi connectivity index (χ1n) is 9.55. The van der Waals surface area contributed by atoms with Gasteiger partial charge in [-0.2, -0.15) is 0 Å². The molecule has 0 radical (unpaired) electrons. The quantitative estimate of drug-likeness (QED) is 0.527. The van der Waals surface area contributed by atoms with E-state index in [1.807, 2.05) is 0 Å². The van der Waals surface area contributed by atoms with Crippen molar-refractivity contribution in [3.8, 4) is 0 Å². The lowest BCUT2D eigenvalue weighted by Crippen LogP contribution is -2.51. The van der Waals surface area contributed by atoms with Crippen molar-refractivity contribution in [3.63, 3.8) is 0 Å². The van der Waals surface area contributed by atoms with Gasteiger partial charge in [0.15, 0.2) is 0 Å². The second kappa shape index (κ2) is 5.65. The molecule has 6 atom stereocenters. The van der Waals surface area contributed by atoms with E-state index in [0.717, 1.165) is 35.5 Å². The summed E-state index contributed by atoms with van der Waals surface area (Å²) in [6, 6.07) is 0. The molecule has 0 aromatic carbocycles. The first-order valence-corrected chi connectivity index (χ1v) is 9.55. The highest BCUT2D eigenvalue weighted by Crippen LogP contribution is 2.60. The molecule has 0 aromatic rings. The van der Waals surface area contributed by atoms with Crippen LogP contribution in [-0.4, -0.2) is 0 Å². The lowest BCUT2D eigenvalue weighted by atomic mass is 9.46. The highest BCUT2D eigenvalue weighted by molar-refractivity contribution is 5.01. The average molecular weight is 277 g/mol. The number of hydrogen-bond donors (Lipinski definition) is 0. The highest BCUT2D eigenvalue weighted by atomic mass is 14.6. The summed E-state index contributed by atoms with van der Waals surface area (Å²) in [7, 11) is 0. The highest BCUT2D eigenvalue weighted by Gasteiger charge is 2.52. The molecular formula is C20H36. The van der Waals surface area contributed by atoms with E-state index >= 15 is 0 Å². The Bertz CT molecular complexity index is 321. The average Bonchev–Trinajstić information content (AvgIpc) is 2.44. The SMILES string of the molecule is CC1CCC2CCCCC2C1C1(C)C(C)CCCC1C. The molecule has 3 aliphatic carbocycles. The second-order valence-corrected chi connectivity index (χ2v) is 8.89. The fourth-order valence-electron chi connectivity index (χ4n) is 6.72. The van der Waals surface area contributed by atoms with Gasteiger partial charge in [-0.15, -0.1) is 0 Å². The van der Waals surface area contributed by atoms with Crippen LogP contribution in [0.1, 0.15) is 85.5 Å². The van der Waals surface area contributed by atoms with Crippen LogP contribution in [0.2, 0.25) is 0 Å². The Morgan fingerprint density at radius 3 is 2.05 bits per heavy atom. The lowest BCUT2D eigenvalue weighted by Gasteiger charge is -2.58. The van der Waals surface area contributed by atoms with E-state index < -0.39 is 0 Å². The van der Waals surface area contributed by atoms with Gasteiger partial charge in [0, 0.05) is 0 Å². The van der Waals surface area contributed by atoms with E-state index in [9.17, 15) is 0 Å². The Morgan fingerprint density at radius 2 is 1.35 bits per heavy atom. The monoisotopic (exact) mass is 276 g/mol. The normalized spacial score (nSPS) is 53.4. The smallest absolute Gasteiger partial charge is 0.0241 e. The standard InChI is InChI=1S/C20H36/c1-14-12-13-17-10-5-6-11-18(17)19(14)20(4)15(2)8-7-9-16(20)3/h14-19H,5-13H2,1-4H3. The molecule has 0 heterocycles. The summed E-state index contributed by atoms with van der Waals surface area (Å²) in [5.41, 5.74) is 0.623. The van der Waals surface area contributed by atoms with Crippen LogP contribution in [0.15, 0.2) is 0 Å². The molecular weight excluding hydrogens is 240 g/mol. The third kappa shape index (κ3) is 2.26. The Morgan fingerprint density at radius 1 is 0.700 bits per heavy atom. The van der Waals surface area contributed by atoms with Gasteiger partial charge in [-0.3, -0.25) is 0 Å². The minimum absolute atomic E-state index is 0.623. The summed E-state index contributed by atoms with van der Waals surface area (Å²) < 4.78 is 0. The van der Waals surface area contributed by atoms with E-state index in [2.05, 4.69) is 27.7 Å². The molecule has 0 aliphatic heterocycles. The van der Waals surface area contributed by atoms with Crippen molar-refractivity contribution in [1.29, 1.82) is 0 Å². The van der Waals surface area contributed by atoms with E-state index in [0.29, 0.717) is 5.41 Å². The second-order valence-electron chi connectivity index (χ2n) is 8.89. The molecule has 0 N–H and O–H groups in total. The van der Waals surface area contributed by atoms with Crippen molar-refractivity contribution < 1.29 is 0 Å². The van der Waals surface area contributed by atoms with Crippen molar-refractivity contribution in [2.45, 2.75) is 85.5 Å². The first-order chi connectivity index (χ1) is 9.55. The van der Waals surface area contributed by atoms with Crippen molar-refractivity contribution in [3.05, 3.63) is 0 Å². The molecule has 6 unspecified atom stereocenters. The van der Waals surface area contributed by atoms with Gasteiger partial charge in [0.25, 0.3) is 0 Å². The molecule has 0 aromatic heterocycles. The van der Waals surface area contributed by atoms with E-state index in [1.165, 1.54) is 38.5 Å². The molecule has 0 saturated heterocycles. The first kappa shape index (κ1) is 14.9. The maximum absolute atomic E-state index is 2.69. The van der Waals surface area contributed by atoms with Gasteiger partial charge in [-0.1, -0.05) is 72.6 Å². The summed E-state index contributed by atoms with van der Waals surface area (Å²) >= 11 is 0. The minimum Gasteiger partial charge on any atom is -0.0622 e. The van der Waals surface area contributed by atoms with E-state index in [4.69, 9.17) is 0 Å². The Balaban J connectivity index is 1.91. The van der Waals surface area contributed by atoms with Gasteiger partial charge in [0.05, 0.1) is 0 Å². The summed E-state index contributed by atoms with van der Waals surface area (Å²) in [5.74, 6) is 6.04. The van der Waals surface area contributed by atoms with Crippen molar-refractivity contribution >= 4 is 0 Å². The fourth-order valence-corrected chi connectivity index (χ4v) is 6.72. The number of fused-ring (bicyclic) bond motifs is 1. The maximum atomic E-state index is 2.69. The van der Waals surface area contributed by atoms with Gasteiger partial charge < -0.3 is 0 Å². The molecule has 3 rings (SSSR count). The van der Waals surface area contributed by atoms with Crippen molar-refractivity contribution in [2.24, 2.45) is 40.9 Å². The molecule has 0 heteroatoms. The molecule has 0 bridgehead atoms. The van der Waals surface area contributed by atoms with Gasteiger partial charge in [-0.05, 0) is 53.8 Å². The number of rotatable bonds is 1. The van der Waals surface area contributed by atoms with Crippen LogP contribution in [0.3, 0.4) is 0 Å². The van der Waals surface area contributed by atoms with Crippen LogP contribution in [0.4, 0.5) is 0 Å². The van der Waals surface area contributed by atoms with Gasteiger partial charge in [0.2, 0.25) is 0 Å². The molecule has 0 spiro atoms. The molecule has 0 amide bonds. The van der Waals surface area contributed by atoms with Crippen LogP contribution < -0.4 is 0 Å². The zero-order valence-electron chi connectivity index (χ0n) is 14.3. The summed E-state index contributed by atoms with van der Waals surface area (Å²) in [6.07, 6.45) is 13.6. The van der Waals surface area contributed by atoms with Crippen molar-refractivity contribution in [1.82, 2.24) is 0 Å². The Labute approximate surface area is 127 Å². The van der Waals surface area contributed by atoms with E-state index in [1.54, 1.807) is 19.3 Å². The largest absolute Gasteiger partial charge is 0.0622 e. The molecule has 3 fully saturated rings. The minimum atomic E-state index is 0.623. The Hall–Kier alpha value is 0. The van der Waals surface area contributed by atoms with Crippen LogP contribution in [0.25, 0.3) is 0 Å².